The van der Waals surface area contributed by atoms with Crippen LogP contribution in [0.4, 0.5) is 5.69 Å². The van der Waals surface area contributed by atoms with Crippen LogP contribution in [0.3, 0.4) is 0 Å². The zero-order valence-electron chi connectivity index (χ0n) is 19.6. The van der Waals surface area contributed by atoms with E-state index < -0.39 is 0 Å². The Morgan fingerprint density at radius 2 is 1.77 bits per heavy atom. The van der Waals surface area contributed by atoms with Gasteiger partial charge in [0.15, 0.2) is 11.5 Å². The van der Waals surface area contributed by atoms with Crippen LogP contribution >= 0.6 is 11.6 Å². The Morgan fingerprint density at radius 1 is 1.00 bits per heavy atom. The quantitative estimate of drug-likeness (QED) is 0.527. The van der Waals surface area contributed by atoms with Crippen molar-refractivity contribution in [1.29, 1.82) is 0 Å². The lowest BCUT2D eigenvalue weighted by Gasteiger charge is -2.40. The molecule has 0 saturated carbocycles. The number of amides is 1. The van der Waals surface area contributed by atoms with E-state index in [0.717, 1.165) is 49.0 Å². The van der Waals surface area contributed by atoms with Gasteiger partial charge in [-0.2, -0.15) is 0 Å². The maximum atomic E-state index is 12.8. The predicted octanol–water partition coefficient (Wildman–Crippen LogP) is 4.37. The summed E-state index contributed by atoms with van der Waals surface area (Å²) in [5, 5.41) is 3.65. The number of methoxy groups -OCH3 is 1. The lowest BCUT2D eigenvalue weighted by atomic mass is 10.0. The van der Waals surface area contributed by atoms with Crippen molar-refractivity contribution in [1.82, 2.24) is 10.2 Å². The first-order valence-corrected chi connectivity index (χ1v) is 12.0. The molecule has 8 heteroatoms. The maximum absolute atomic E-state index is 12.8. The molecule has 35 heavy (non-hydrogen) atoms. The van der Waals surface area contributed by atoms with E-state index in [0.29, 0.717) is 17.1 Å². The average Bonchev–Trinajstić information content (AvgIpc) is 3.37. The largest absolute Gasteiger partial charge is 0.497 e. The molecule has 1 fully saturated rings. The zero-order chi connectivity index (χ0) is 24.2. The van der Waals surface area contributed by atoms with Gasteiger partial charge in [0.1, 0.15) is 5.75 Å². The summed E-state index contributed by atoms with van der Waals surface area (Å²) in [6, 6.07) is 21.2. The Balaban J connectivity index is 1.31. The molecule has 182 valence electrons. The molecule has 0 radical (unpaired) electrons. The molecule has 2 heterocycles. The van der Waals surface area contributed by atoms with Crippen LogP contribution in [-0.2, 0) is 0 Å². The van der Waals surface area contributed by atoms with Crippen molar-refractivity contribution < 1.29 is 19.0 Å². The van der Waals surface area contributed by atoms with Crippen LogP contribution in [0.5, 0.6) is 17.2 Å². The highest BCUT2D eigenvalue weighted by Gasteiger charge is 2.27. The van der Waals surface area contributed by atoms with E-state index in [2.05, 4.69) is 33.3 Å². The smallest absolute Gasteiger partial charge is 0.251 e. The molecule has 1 saturated heterocycles. The molecule has 5 rings (SSSR count). The number of fused-ring (bicyclic) bond motifs is 1. The lowest BCUT2D eigenvalue weighted by molar-refractivity contribution is 0.0930. The summed E-state index contributed by atoms with van der Waals surface area (Å²) in [6.07, 6.45) is 0. The third-order valence-electron chi connectivity index (χ3n) is 6.52. The van der Waals surface area contributed by atoms with Crippen LogP contribution in [0.2, 0.25) is 5.02 Å². The monoisotopic (exact) mass is 493 g/mol. The summed E-state index contributed by atoms with van der Waals surface area (Å²) in [6.45, 7) is 4.19. The fraction of sp³-hybridized carbons (Fsp3) is 0.296. The van der Waals surface area contributed by atoms with Crippen molar-refractivity contribution in [2.45, 2.75) is 6.04 Å². The first-order chi connectivity index (χ1) is 17.1. The Labute approximate surface area is 210 Å². The first kappa shape index (κ1) is 23.3. The van der Waals surface area contributed by atoms with Gasteiger partial charge in [-0.1, -0.05) is 23.7 Å². The minimum atomic E-state index is -0.143. The number of piperazine rings is 1. The average molecular weight is 494 g/mol. The summed E-state index contributed by atoms with van der Waals surface area (Å²) < 4.78 is 16.4. The van der Waals surface area contributed by atoms with Gasteiger partial charge in [-0.3, -0.25) is 9.69 Å². The number of anilines is 1. The molecule has 0 aliphatic carbocycles. The standard InChI is InChI=1S/C27H28ClN3O4/c1-33-23-8-6-22(7-9-23)30-11-13-31(14-12-30)24(19-5-10-25-26(16-19)35-18-34-25)17-29-27(32)20-3-2-4-21(28)15-20/h2-10,15-16,24H,11-14,17-18H2,1H3,(H,29,32)/t24-/m0/s1. The Morgan fingerprint density at radius 3 is 2.51 bits per heavy atom. The molecular weight excluding hydrogens is 466 g/mol. The summed E-state index contributed by atoms with van der Waals surface area (Å²) in [4.78, 5) is 17.6. The van der Waals surface area contributed by atoms with Crippen LogP contribution in [0.1, 0.15) is 22.0 Å². The molecule has 1 N–H and O–H groups in total. The number of hydrogen-bond acceptors (Lipinski definition) is 6. The molecule has 3 aromatic rings. The maximum Gasteiger partial charge on any atom is 0.251 e. The molecule has 0 aromatic heterocycles. The predicted molar refractivity (Wildman–Crippen MR) is 136 cm³/mol. The third kappa shape index (κ3) is 5.31. The zero-order valence-corrected chi connectivity index (χ0v) is 20.3. The Hall–Kier alpha value is -3.42. The van der Waals surface area contributed by atoms with Crippen molar-refractivity contribution in [3.8, 4) is 17.2 Å². The molecule has 3 aromatic carbocycles. The van der Waals surface area contributed by atoms with Gasteiger partial charge in [-0.25, -0.2) is 0 Å². The van der Waals surface area contributed by atoms with Crippen molar-refractivity contribution in [3.63, 3.8) is 0 Å². The van der Waals surface area contributed by atoms with Crippen molar-refractivity contribution >= 4 is 23.2 Å². The van der Waals surface area contributed by atoms with Gasteiger partial charge in [-0.05, 0) is 60.2 Å². The summed E-state index contributed by atoms with van der Waals surface area (Å²) in [7, 11) is 1.68. The number of rotatable bonds is 7. The fourth-order valence-electron chi connectivity index (χ4n) is 4.58. The molecular formula is C27H28ClN3O4. The molecule has 0 spiro atoms. The highest BCUT2D eigenvalue weighted by atomic mass is 35.5. The Bertz CT molecular complexity index is 1180. The van der Waals surface area contributed by atoms with Gasteiger partial charge in [0.25, 0.3) is 5.91 Å². The Kier molecular flexibility index (Phi) is 6.97. The van der Waals surface area contributed by atoms with Crippen LogP contribution in [0.25, 0.3) is 0 Å². The molecule has 1 amide bonds. The number of nitrogens with one attached hydrogen (secondary N) is 1. The third-order valence-corrected chi connectivity index (χ3v) is 6.75. The van der Waals surface area contributed by atoms with E-state index in [1.165, 1.54) is 5.69 Å². The first-order valence-electron chi connectivity index (χ1n) is 11.7. The van der Waals surface area contributed by atoms with Crippen molar-refractivity contribution in [2.24, 2.45) is 0 Å². The van der Waals surface area contributed by atoms with Crippen LogP contribution < -0.4 is 24.4 Å². The highest BCUT2D eigenvalue weighted by Crippen LogP contribution is 2.36. The van der Waals surface area contributed by atoms with E-state index in [-0.39, 0.29) is 18.7 Å². The number of benzene rings is 3. The fourth-order valence-corrected chi connectivity index (χ4v) is 4.77. The number of ether oxygens (including phenoxy) is 3. The SMILES string of the molecule is COc1ccc(N2CCN([C@@H](CNC(=O)c3cccc(Cl)c3)c3ccc4c(c3)OCO4)CC2)cc1. The topological polar surface area (TPSA) is 63.3 Å². The van der Waals surface area contributed by atoms with Crippen molar-refractivity contribution in [2.75, 3.05) is 51.5 Å². The van der Waals surface area contributed by atoms with E-state index in [1.54, 1.807) is 31.4 Å². The van der Waals surface area contributed by atoms with Gasteiger partial charge >= 0.3 is 0 Å². The van der Waals surface area contributed by atoms with Gasteiger partial charge in [0.05, 0.1) is 13.2 Å². The number of carbonyl (C=O) groups excluding carboxylic acids is 1. The van der Waals surface area contributed by atoms with E-state index in [9.17, 15) is 4.79 Å². The van der Waals surface area contributed by atoms with E-state index in [1.807, 2.05) is 24.3 Å². The van der Waals surface area contributed by atoms with Crippen LogP contribution in [0, 0.1) is 0 Å². The number of nitrogens with zero attached hydrogens (tertiary/aromatic N) is 2. The normalized spacial score (nSPS) is 16.1. The van der Waals surface area contributed by atoms with Gasteiger partial charge in [0, 0.05) is 49.0 Å². The molecule has 0 unspecified atom stereocenters. The second kappa shape index (κ2) is 10.5. The second-order valence-corrected chi connectivity index (χ2v) is 9.01. The molecule has 2 aliphatic heterocycles. The van der Waals surface area contributed by atoms with Crippen molar-refractivity contribution in [3.05, 3.63) is 82.9 Å². The highest BCUT2D eigenvalue weighted by molar-refractivity contribution is 6.30. The van der Waals surface area contributed by atoms with Crippen LogP contribution in [0.15, 0.2) is 66.7 Å². The molecule has 2 aliphatic rings. The number of carbonyl (C=O) groups is 1. The minimum absolute atomic E-state index is 0.00866. The molecule has 0 bridgehead atoms. The van der Waals surface area contributed by atoms with Gasteiger partial charge < -0.3 is 24.4 Å². The summed E-state index contributed by atoms with van der Waals surface area (Å²) in [5.74, 6) is 2.20. The number of hydrogen-bond donors (Lipinski definition) is 1. The lowest BCUT2D eigenvalue weighted by Crippen LogP contribution is -2.50. The minimum Gasteiger partial charge on any atom is -0.497 e. The molecule has 1 atom stereocenters. The molecule has 7 nitrogen and oxygen atoms in total. The van der Waals surface area contributed by atoms with Gasteiger partial charge in [-0.15, -0.1) is 0 Å². The summed E-state index contributed by atoms with van der Waals surface area (Å²) in [5.41, 5.74) is 2.81. The van der Waals surface area contributed by atoms with E-state index in [4.69, 9.17) is 25.8 Å². The second-order valence-electron chi connectivity index (χ2n) is 8.57. The number of halogens is 1. The summed E-state index contributed by atoms with van der Waals surface area (Å²) >= 11 is 6.08. The van der Waals surface area contributed by atoms with E-state index >= 15 is 0 Å². The van der Waals surface area contributed by atoms with Crippen LogP contribution in [-0.4, -0.2) is 57.4 Å². The van der Waals surface area contributed by atoms with Gasteiger partial charge in [0.2, 0.25) is 6.79 Å².